The first-order chi connectivity index (χ1) is 14.1. The molecule has 0 radical (unpaired) electrons. The SMILES string of the molecule is CC1(C)C(C=C(Cl)C(F)(F)F)C1C(=O)OCc1cccc2c1CCc1ccccc1-2. The van der Waals surface area contributed by atoms with Gasteiger partial charge in [-0.3, -0.25) is 4.79 Å². The number of alkyl halides is 3. The summed E-state index contributed by atoms with van der Waals surface area (Å²) in [5, 5.41) is -1.19. The lowest BCUT2D eigenvalue weighted by molar-refractivity contribution is -0.147. The zero-order valence-electron chi connectivity index (χ0n) is 16.7. The van der Waals surface area contributed by atoms with Crippen LogP contribution in [0.5, 0.6) is 0 Å². The van der Waals surface area contributed by atoms with Gasteiger partial charge in [-0.1, -0.05) is 74.0 Å². The zero-order valence-corrected chi connectivity index (χ0v) is 17.5. The molecule has 30 heavy (non-hydrogen) atoms. The Morgan fingerprint density at radius 2 is 1.83 bits per heavy atom. The average molecular weight is 435 g/mol. The van der Waals surface area contributed by atoms with Crippen LogP contribution in [0.15, 0.2) is 53.6 Å². The number of fused-ring (bicyclic) bond motifs is 3. The summed E-state index contributed by atoms with van der Waals surface area (Å²) in [6.07, 6.45) is -1.88. The fraction of sp³-hybridized carbons (Fsp3) is 0.375. The van der Waals surface area contributed by atoms with E-state index >= 15 is 0 Å². The minimum Gasteiger partial charge on any atom is -0.461 e. The number of carbonyl (C=O) groups is 1. The third-order valence-electron chi connectivity index (χ3n) is 6.36. The third-order valence-corrected chi connectivity index (χ3v) is 6.70. The van der Waals surface area contributed by atoms with E-state index in [-0.39, 0.29) is 6.61 Å². The molecule has 0 aliphatic heterocycles. The molecule has 1 saturated carbocycles. The molecule has 0 saturated heterocycles. The van der Waals surface area contributed by atoms with Crippen LogP contribution >= 0.6 is 11.6 Å². The third kappa shape index (κ3) is 3.76. The van der Waals surface area contributed by atoms with E-state index in [0.717, 1.165) is 35.6 Å². The molecule has 2 unspecified atom stereocenters. The number of allylic oxidation sites excluding steroid dienone is 2. The van der Waals surface area contributed by atoms with Crippen LogP contribution in [0, 0.1) is 17.3 Å². The Balaban J connectivity index is 1.49. The van der Waals surface area contributed by atoms with Gasteiger partial charge in [0.15, 0.2) is 0 Å². The Kier molecular flexibility index (Phi) is 5.21. The number of aryl methyl sites for hydroxylation is 1. The summed E-state index contributed by atoms with van der Waals surface area (Å²) in [4.78, 5) is 12.6. The fourth-order valence-corrected chi connectivity index (χ4v) is 4.64. The fourth-order valence-electron chi connectivity index (χ4n) is 4.51. The second-order valence-corrected chi connectivity index (χ2v) is 8.95. The maximum atomic E-state index is 12.7. The van der Waals surface area contributed by atoms with Gasteiger partial charge in [0, 0.05) is 0 Å². The van der Waals surface area contributed by atoms with E-state index in [9.17, 15) is 18.0 Å². The molecule has 6 heteroatoms. The maximum Gasteiger partial charge on any atom is 0.426 e. The van der Waals surface area contributed by atoms with E-state index in [1.165, 1.54) is 11.1 Å². The van der Waals surface area contributed by atoms with Crippen LogP contribution < -0.4 is 0 Å². The van der Waals surface area contributed by atoms with Crippen LogP contribution in [0.1, 0.15) is 30.5 Å². The number of ether oxygens (including phenoxy) is 1. The van der Waals surface area contributed by atoms with Gasteiger partial charge in [0.05, 0.1) is 5.92 Å². The first kappa shape index (κ1) is 21.0. The van der Waals surface area contributed by atoms with Gasteiger partial charge >= 0.3 is 12.1 Å². The molecule has 0 heterocycles. The quantitative estimate of drug-likeness (QED) is 0.517. The van der Waals surface area contributed by atoms with Gasteiger partial charge in [0.2, 0.25) is 0 Å². The molecule has 1 fully saturated rings. The lowest BCUT2D eigenvalue weighted by atomic mass is 9.83. The molecule has 2 atom stereocenters. The molecular formula is C24H22ClF3O2. The number of rotatable bonds is 4. The highest BCUT2D eigenvalue weighted by Crippen LogP contribution is 2.60. The van der Waals surface area contributed by atoms with Gasteiger partial charge < -0.3 is 4.74 Å². The van der Waals surface area contributed by atoms with Gasteiger partial charge in [0.25, 0.3) is 0 Å². The highest BCUT2D eigenvalue weighted by atomic mass is 35.5. The Labute approximate surface area is 178 Å². The highest BCUT2D eigenvalue weighted by molar-refractivity contribution is 6.30. The van der Waals surface area contributed by atoms with Gasteiger partial charge in [-0.15, -0.1) is 0 Å². The monoisotopic (exact) mass is 434 g/mol. The molecule has 0 aromatic heterocycles. The van der Waals surface area contributed by atoms with E-state index in [1.54, 1.807) is 13.8 Å². The van der Waals surface area contributed by atoms with Crippen LogP contribution in [-0.2, 0) is 29.0 Å². The Bertz CT molecular complexity index is 1020. The molecular weight excluding hydrogens is 413 g/mol. The Morgan fingerprint density at radius 1 is 1.13 bits per heavy atom. The molecule has 0 spiro atoms. The topological polar surface area (TPSA) is 26.3 Å². The maximum absolute atomic E-state index is 12.7. The first-order valence-electron chi connectivity index (χ1n) is 9.91. The lowest BCUT2D eigenvalue weighted by Crippen LogP contribution is -2.13. The number of benzene rings is 2. The number of hydrogen-bond acceptors (Lipinski definition) is 2. The van der Waals surface area contributed by atoms with Crippen molar-refractivity contribution in [3.8, 4) is 11.1 Å². The Morgan fingerprint density at radius 3 is 2.57 bits per heavy atom. The summed E-state index contributed by atoms with van der Waals surface area (Å²) in [7, 11) is 0. The van der Waals surface area contributed by atoms with Crippen molar-refractivity contribution in [2.45, 2.75) is 39.5 Å². The molecule has 4 rings (SSSR count). The number of hydrogen-bond donors (Lipinski definition) is 0. The number of halogens is 4. The number of esters is 1. The molecule has 0 amide bonds. The van der Waals surface area contributed by atoms with Crippen molar-refractivity contribution in [3.05, 3.63) is 70.3 Å². The van der Waals surface area contributed by atoms with E-state index in [2.05, 4.69) is 18.2 Å². The lowest BCUT2D eigenvalue weighted by Gasteiger charge is -2.22. The van der Waals surface area contributed by atoms with Crippen molar-refractivity contribution in [2.24, 2.45) is 17.3 Å². The van der Waals surface area contributed by atoms with Crippen molar-refractivity contribution in [1.82, 2.24) is 0 Å². The van der Waals surface area contributed by atoms with Crippen LogP contribution in [0.2, 0.25) is 0 Å². The number of carbonyl (C=O) groups excluding carboxylic acids is 1. The normalized spacial score (nSPS) is 22.1. The smallest absolute Gasteiger partial charge is 0.426 e. The largest absolute Gasteiger partial charge is 0.461 e. The van der Waals surface area contributed by atoms with E-state index in [1.807, 2.05) is 24.3 Å². The van der Waals surface area contributed by atoms with Gasteiger partial charge in [0.1, 0.15) is 11.6 Å². The predicted octanol–water partition coefficient (Wildman–Crippen LogP) is 6.45. The van der Waals surface area contributed by atoms with Gasteiger partial charge in [-0.2, -0.15) is 13.2 Å². The van der Waals surface area contributed by atoms with Crippen molar-refractivity contribution in [3.63, 3.8) is 0 Å². The predicted molar refractivity (Wildman–Crippen MR) is 110 cm³/mol. The molecule has 0 N–H and O–H groups in total. The van der Waals surface area contributed by atoms with Crippen LogP contribution in [-0.4, -0.2) is 12.1 Å². The van der Waals surface area contributed by atoms with Crippen LogP contribution in [0.3, 0.4) is 0 Å². The summed E-state index contributed by atoms with van der Waals surface area (Å²) in [5.41, 5.74) is 5.13. The molecule has 2 aromatic carbocycles. The summed E-state index contributed by atoms with van der Waals surface area (Å²) in [6, 6.07) is 14.2. The summed E-state index contributed by atoms with van der Waals surface area (Å²) < 4.78 is 43.8. The van der Waals surface area contributed by atoms with Gasteiger partial charge in [-0.05, 0) is 52.0 Å². The minimum absolute atomic E-state index is 0.111. The van der Waals surface area contributed by atoms with Crippen molar-refractivity contribution in [1.29, 1.82) is 0 Å². The summed E-state index contributed by atoms with van der Waals surface area (Å²) in [6.45, 7) is 3.62. The minimum atomic E-state index is -4.60. The van der Waals surface area contributed by atoms with Crippen molar-refractivity contribution in [2.75, 3.05) is 0 Å². The van der Waals surface area contributed by atoms with E-state index < -0.39 is 34.4 Å². The second-order valence-electron chi connectivity index (χ2n) is 8.55. The van der Waals surface area contributed by atoms with Gasteiger partial charge in [-0.25, -0.2) is 0 Å². The van der Waals surface area contributed by atoms with E-state index in [4.69, 9.17) is 16.3 Å². The Hall–Kier alpha value is -2.27. The summed E-state index contributed by atoms with van der Waals surface area (Å²) in [5.74, 6) is -1.70. The molecule has 158 valence electrons. The zero-order chi connectivity index (χ0) is 21.7. The second kappa shape index (κ2) is 7.45. The first-order valence-corrected chi connectivity index (χ1v) is 10.3. The van der Waals surface area contributed by atoms with E-state index in [0.29, 0.717) is 0 Å². The molecule has 2 nitrogen and oxygen atoms in total. The van der Waals surface area contributed by atoms with Crippen molar-refractivity contribution >= 4 is 17.6 Å². The highest BCUT2D eigenvalue weighted by Gasteiger charge is 2.62. The molecule has 0 bridgehead atoms. The van der Waals surface area contributed by atoms with Crippen LogP contribution in [0.25, 0.3) is 11.1 Å². The average Bonchev–Trinajstić information content (AvgIpc) is 3.25. The molecule has 2 aromatic rings. The molecule has 2 aliphatic rings. The summed E-state index contributed by atoms with van der Waals surface area (Å²) >= 11 is 5.37. The van der Waals surface area contributed by atoms with Crippen LogP contribution in [0.4, 0.5) is 13.2 Å². The van der Waals surface area contributed by atoms with Crippen molar-refractivity contribution < 1.29 is 22.7 Å². The molecule has 2 aliphatic carbocycles. The standard InChI is InChI=1S/C24H22ClF3O2/c1-23(2)19(12-20(25)24(26,27)28)21(23)22(29)30-13-15-7-5-9-18-16-8-4-3-6-14(16)10-11-17(15)18/h3-9,12,19,21H,10-11,13H2,1-2H3.